The number of hydrogen-bond acceptors (Lipinski definition) is 6. The second-order valence-corrected chi connectivity index (χ2v) is 9.63. The lowest BCUT2D eigenvalue weighted by atomic mass is 9.98. The number of nitrogens with zero attached hydrogens (tertiary/aromatic N) is 3. The van der Waals surface area contributed by atoms with Gasteiger partial charge in [0.15, 0.2) is 0 Å². The SMILES string of the molecule is CC(C)c1cn(CC[C@H]2CC[C@H](NS(=O)(=O)Cc3ccccc3)[C@@H](CO)O2)nn1. The molecule has 1 aliphatic heterocycles. The maximum absolute atomic E-state index is 12.5. The fourth-order valence-corrected chi connectivity index (χ4v) is 4.95. The molecule has 2 N–H and O–H groups in total. The summed E-state index contributed by atoms with van der Waals surface area (Å²) in [5, 5.41) is 18.0. The van der Waals surface area contributed by atoms with Gasteiger partial charge >= 0.3 is 0 Å². The van der Waals surface area contributed by atoms with Crippen molar-refractivity contribution in [2.45, 2.75) is 69.6 Å². The van der Waals surface area contributed by atoms with Crippen LogP contribution in [0.2, 0.25) is 0 Å². The first-order valence-electron chi connectivity index (χ1n) is 10.1. The lowest BCUT2D eigenvalue weighted by Crippen LogP contribution is -2.51. The first kappa shape index (κ1) is 21.9. The largest absolute Gasteiger partial charge is 0.394 e. The number of ether oxygens (including phenoxy) is 1. The molecule has 0 unspecified atom stereocenters. The maximum Gasteiger partial charge on any atom is 0.216 e. The van der Waals surface area contributed by atoms with Crippen molar-refractivity contribution in [3.05, 3.63) is 47.8 Å². The van der Waals surface area contributed by atoms with Crippen LogP contribution in [-0.2, 0) is 27.1 Å². The van der Waals surface area contributed by atoms with E-state index in [1.165, 1.54) is 0 Å². The molecule has 0 saturated carbocycles. The van der Waals surface area contributed by atoms with Crippen molar-refractivity contribution in [3.8, 4) is 0 Å². The van der Waals surface area contributed by atoms with E-state index in [9.17, 15) is 13.5 Å². The summed E-state index contributed by atoms with van der Waals surface area (Å²) in [6.45, 7) is 4.59. The zero-order valence-electron chi connectivity index (χ0n) is 16.9. The third-order valence-corrected chi connectivity index (χ3v) is 6.53. The summed E-state index contributed by atoms with van der Waals surface area (Å²) in [5.74, 6) is 0.245. The van der Waals surface area contributed by atoms with Crippen LogP contribution in [0.3, 0.4) is 0 Å². The highest BCUT2D eigenvalue weighted by Crippen LogP contribution is 2.23. The summed E-state index contributed by atoms with van der Waals surface area (Å²) >= 11 is 0. The predicted molar refractivity (Wildman–Crippen MR) is 110 cm³/mol. The Labute approximate surface area is 172 Å². The molecule has 1 aromatic carbocycles. The van der Waals surface area contributed by atoms with Crippen molar-refractivity contribution >= 4 is 10.0 Å². The minimum Gasteiger partial charge on any atom is -0.394 e. The van der Waals surface area contributed by atoms with Crippen LogP contribution in [0.1, 0.15) is 50.3 Å². The molecule has 2 heterocycles. The van der Waals surface area contributed by atoms with Gasteiger partial charge in [-0.3, -0.25) is 4.68 Å². The van der Waals surface area contributed by atoms with Gasteiger partial charge in [-0.15, -0.1) is 5.10 Å². The second-order valence-electron chi connectivity index (χ2n) is 7.88. The number of aromatic nitrogens is 3. The minimum atomic E-state index is -3.52. The highest BCUT2D eigenvalue weighted by Gasteiger charge is 2.33. The average Bonchev–Trinajstić information content (AvgIpc) is 3.17. The molecule has 8 nitrogen and oxygen atoms in total. The molecule has 3 rings (SSSR count). The number of rotatable bonds is 9. The predicted octanol–water partition coefficient (Wildman–Crippen LogP) is 1.82. The van der Waals surface area contributed by atoms with Crippen molar-refractivity contribution in [1.29, 1.82) is 0 Å². The van der Waals surface area contributed by atoms with E-state index in [2.05, 4.69) is 28.9 Å². The summed E-state index contributed by atoms with van der Waals surface area (Å²) < 4.78 is 35.5. The van der Waals surface area contributed by atoms with Gasteiger partial charge < -0.3 is 9.84 Å². The van der Waals surface area contributed by atoms with Gasteiger partial charge in [0.2, 0.25) is 10.0 Å². The molecule has 2 aromatic rings. The van der Waals surface area contributed by atoms with Crippen LogP contribution in [0.25, 0.3) is 0 Å². The minimum absolute atomic E-state index is 0.0475. The normalized spacial score (nSPS) is 22.8. The Balaban J connectivity index is 1.52. The van der Waals surface area contributed by atoms with Crippen LogP contribution in [0.4, 0.5) is 0 Å². The lowest BCUT2D eigenvalue weighted by Gasteiger charge is -2.36. The third kappa shape index (κ3) is 6.33. The van der Waals surface area contributed by atoms with Crippen molar-refractivity contribution < 1.29 is 18.3 Å². The van der Waals surface area contributed by atoms with E-state index in [0.29, 0.717) is 18.9 Å². The van der Waals surface area contributed by atoms with Gasteiger partial charge in [0, 0.05) is 12.7 Å². The molecule has 1 saturated heterocycles. The van der Waals surface area contributed by atoms with E-state index in [1.807, 2.05) is 24.4 Å². The van der Waals surface area contributed by atoms with E-state index in [4.69, 9.17) is 4.74 Å². The number of hydrogen-bond donors (Lipinski definition) is 2. The third-order valence-electron chi connectivity index (χ3n) is 5.15. The van der Waals surface area contributed by atoms with Gasteiger partial charge in [0.1, 0.15) is 0 Å². The summed E-state index contributed by atoms with van der Waals surface area (Å²) in [7, 11) is -3.52. The molecule has 0 bridgehead atoms. The number of benzene rings is 1. The van der Waals surface area contributed by atoms with E-state index in [0.717, 1.165) is 24.1 Å². The zero-order chi connectivity index (χ0) is 20.9. The summed E-state index contributed by atoms with van der Waals surface area (Å²) in [6.07, 6.45) is 3.42. The molecule has 29 heavy (non-hydrogen) atoms. The number of aliphatic hydroxyl groups excluding tert-OH is 1. The number of aliphatic hydroxyl groups is 1. The molecule has 1 aliphatic rings. The van der Waals surface area contributed by atoms with Gasteiger partial charge in [-0.1, -0.05) is 49.4 Å². The van der Waals surface area contributed by atoms with Gasteiger partial charge in [-0.2, -0.15) is 0 Å². The zero-order valence-corrected chi connectivity index (χ0v) is 17.8. The van der Waals surface area contributed by atoms with E-state index >= 15 is 0 Å². The quantitative estimate of drug-likeness (QED) is 0.638. The highest BCUT2D eigenvalue weighted by atomic mass is 32.2. The monoisotopic (exact) mass is 422 g/mol. The Morgan fingerprint density at radius 1 is 1.28 bits per heavy atom. The molecule has 0 spiro atoms. The Morgan fingerprint density at radius 2 is 2.03 bits per heavy atom. The van der Waals surface area contributed by atoms with Crippen molar-refractivity contribution in [2.75, 3.05) is 6.61 Å². The summed E-state index contributed by atoms with van der Waals surface area (Å²) in [6, 6.07) is 8.62. The van der Waals surface area contributed by atoms with Crippen LogP contribution < -0.4 is 4.72 Å². The Bertz CT molecular complexity index is 870. The molecule has 1 aromatic heterocycles. The van der Waals surface area contributed by atoms with Crippen LogP contribution in [0.15, 0.2) is 36.5 Å². The van der Waals surface area contributed by atoms with Crippen LogP contribution in [0, 0.1) is 0 Å². The van der Waals surface area contributed by atoms with Crippen LogP contribution in [-0.4, -0.2) is 53.4 Å². The molecule has 1 fully saturated rings. The molecular formula is C20H30N4O4S. The Morgan fingerprint density at radius 3 is 2.69 bits per heavy atom. The highest BCUT2D eigenvalue weighted by molar-refractivity contribution is 7.88. The number of nitrogens with one attached hydrogen (secondary N) is 1. The van der Waals surface area contributed by atoms with Crippen molar-refractivity contribution in [1.82, 2.24) is 19.7 Å². The van der Waals surface area contributed by atoms with Crippen LogP contribution in [0.5, 0.6) is 0 Å². The van der Waals surface area contributed by atoms with Crippen LogP contribution >= 0.6 is 0 Å². The van der Waals surface area contributed by atoms with Crippen molar-refractivity contribution in [2.24, 2.45) is 0 Å². The number of sulfonamides is 1. The molecule has 0 aliphatic carbocycles. The molecule has 9 heteroatoms. The second kappa shape index (κ2) is 9.80. The molecule has 3 atom stereocenters. The summed E-state index contributed by atoms with van der Waals surface area (Å²) in [5.41, 5.74) is 1.68. The average molecular weight is 423 g/mol. The van der Waals surface area contributed by atoms with E-state index < -0.39 is 22.2 Å². The van der Waals surface area contributed by atoms with Crippen molar-refractivity contribution in [3.63, 3.8) is 0 Å². The van der Waals surface area contributed by atoms with E-state index in [-0.39, 0.29) is 18.5 Å². The molecular weight excluding hydrogens is 392 g/mol. The fourth-order valence-electron chi connectivity index (χ4n) is 3.51. The summed E-state index contributed by atoms with van der Waals surface area (Å²) in [4.78, 5) is 0. The first-order valence-corrected chi connectivity index (χ1v) is 11.7. The number of aryl methyl sites for hydroxylation is 1. The lowest BCUT2D eigenvalue weighted by molar-refractivity contribution is -0.0891. The maximum atomic E-state index is 12.5. The Kier molecular flexibility index (Phi) is 7.39. The van der Waals surface area contributed by atoms with Gasteiger partial charge in [0.05, 0.1) is 36.3 Å². The van der Waals surface area contributed by atoms with Gasteiger partial charge in [-0.05, 0) is 30.7 Å². The molecule has 160 valence electrons. The standard InChI is InChI=1S/C20H30N4O4S/c1-15(2)19-12-24(23-21-19)11-10-17-8-9-18(20(13-25)28-17)22-29(26,27)14-16-6-4-3-5-7-16/h3-7,12,15,17-18,20,22,25H,8-11,13-14H2,1-2H3/t17-,18+,20-/m1/s1. The fraction of sp³-hybridized carbons (Fsp3) is 0.600. The first-order chi connectivity index (χ1) is 13.9. The Hall–Kier alpha value is -1.81. The smallest absolute Gasteiger partial charge is 0.216 e. The van der Waals surface area contributed by atoms with E-state index in [1.54, 1.807) is 16.8 Å². The van der Waals surface area contributed by atoms with Gasteiger partial charge in [-0.25, -0.2) is 13.1 Å². The molecule has 0 radical (unpaired) electrons. The molecule has 0 amide bonds. The van der Waals surface area contributed by atoms with Gasteiger partial charge in [0.25, 0.3) is 0 Å². The topological polar surface area (TPSA) is 106 Å².